The molecule has 0 spiro atoms. The van der Waals surface area contributed by atoms with Crippen LogP contribution in [0.2, 0.25) is 0 Å². The number of hydrogen-bond donors (Lipinski definition) is 2. The Morgan fingerprint density at radius 1 is 1.13 bits per heavy atom. The van der Waals surface area contributed by atoms with Crippen LogP contribution in [0.15, 0.2) is 48.5 Å². The van der Waals surface area contributed by atoms with Gasteiger partial charge in [0.25, 0.3) is 5.91 Å². The molecular formula is C19H22FN2O+. The van der Waals surface area contributed by atoms with Gasteiger partial charge in [0.15, 0.2) is 6.54 Å². The van der Waals surface area contributed by atoms with Crippen molar-refractivity contribution in [3.63, 3.8) is 0 Å². The molecule has 3 rings (SSSR count). The zero-order chi connectivity index (χ0) is 16.2. The lowest BCUT2D eigenvalue weighted by atomic mass is 10.2. The summed E-state index contributed by atoms with van der Waals surface area (Å²) in [6.45, 7) is 3.22. The molecule has 3 nitrogen and oxygen atoms in total. The first-order valence-electron chi connectivity index (χ1n) is 8.06. The molecule has 2 aromatic carbocycles. The van der Waals surface area contributed by atoms with Gasteiger partial charge in [-0.25, -0.2) is 4.39 Å². The largest absolute Gasteiger partial charge is 0.321 e. The van der Waals surface area contributed by atoms with E-state index in [9.17, 15) is 9.18 Å². The molecule has 0 saturated heterocycles. The van der Waals surface area contributed by atoms with Crippen LogP contribution in [0.1, 0.15) is 24.0 Å². The molecule has 23 heavy (non-hydrogen) atoms. The summed E-state index contributed by atoms with van der Waals surface area (Å²) in [6.07, 6.45) is 2.32. The molecule has 120 valence electrons. The summed E-state index contributed by atoms with van der Waals surface area (Å²) in [5, 5.41) is 2.96. The summed E-state index contributed by atoms with van der Waals surface area (Å²) in [6, 6.07) is 14.9. The minimum Gasteiger partial charge on any atom is -0.321 e. The molecule has 0 radical (unpaired) electrons. The molecule has 2 aromatic rings. The highest BCUT2D eigenvalue weighted by atomic mass is 19.1. The quantitative estimate of drug-likeness (QED) is 0.843. The topological polar surface area (TPSA) is 33.5 Å². The van der Waals surface area contributed by atoms with Gasteiger partial charge in [-0.2, -0.15) is 0 Å². The highest BCUT2D eigenvalue weighted by Gasteiger charge is 2.34. The Hall–Kier alpha value is -2.20. The molecule has 1 amide bonds. The van der Waals surface area contributed by atoms with Gasteiger partial charge < -0.3 is 10.2 Å². The summed E-state index contributed by atoms with van der Waals surface area (Å²) in [5.41, 5.74) is 3.07. The van der Waals surface area contributed by atoms with Gasteiger partial charge in [0.05, 0.1) is 6.04 Å². The molecule has 1 fully saturated rings. The maximum Gasteiger partial charge on any atom is 0.279 e. The fourth-order valence-corrected chi connectivity index (χ4v) is 2.76. The van der Waals surface area contributed by atoms with Gasteiger partial charge in [-0.1, -0.05) is 29.8 Å². The van der Waals surface area contributed by atoms with Gasteiger partial charge in [0.2, 0.25) is 0 Å². The second kappa shape index (κ2) is 6.92. The van der Waals surface area contributed by atoms with E-state index in [2.05, 4.69) is 5.32 Å². The average Bonchev–Trinajstić information content (AvgIpc) is 3.36. The first kappa shape index (κ1) is 15.7. The fourth-order valence-electron chi connectivity index (χ4n) is 2.76. The minimum atomic E-state index is -0.223. The van der Waals surface area contributed by atoms with Crippen molar-refractivity contribution in [3.05, 3.63) is 65.5 Å². The van der Waals surface area contributed by atoms with E-state index in [1.54, 1.807) is 12.1 Å². The number of nitrogens with one attached hydrogen (secondary N) is 2. The minimum absolute atomic E-state index is 0.0258. The average molecular weight is 313 g/mol. The van der Waals surface area contributed by atoms with Crippen molar-refractivity contribution in [2.45, 2.75) is 32.4 Å². The van der Waals surface area contributed by atoms with Crippen molar-refractivity contribution < 1.29 is 14.1 Å². The molecule has 1 atom stereocenters. The molecular weight excluding hydrogens is 291 g/mol. The van der Waals surface area contributed by atoms with Gasteiger partial charge in [-0.15, -0.1) is 0 Å². The Bertz CT molecular complexity index is 663. The number of amides is 1. The lowest BCUT2D eigenvalue weighted by Gasteiger charge is -2.19. The standard InChI is InChI=1S/C19H21FN2O/c1-14-2-8-17(9-3-14)21-19(23)13-22(18-10-11-18)12-15-4-6-16(20)7-5-15/h2-9,18H,10-13H2,1H3,(H,21,23)/p+1. The zero-order valence-electron chi connectivity index (χ0n) is 13.3. The Morgan fingerprint density at radius 3 is 2.39 bits per heavy atom. The number of rotatable bonds is 6. The maximum atomic E-state index is 13.0. The number of carbonyl (C=O) groups is 1. The Balaban J connectivity index is 1.59. The molecule has 0 bridgehead atoms. The Morgan fingerprint density at radius 2 is 1.78 bits per heavy atom. The zero-order valence-corrected chi connectivity index (χ0v) is 13.3. The highest BCUT2D eigenvalue weighted by Crippen LogP contribution is 2.16. The van der Waals surface area contributed by atoms with Crippen LogP contribution in [0.4, 0.5) is 10.1 Å². The maximum absolute atomic E-state index is 13.0. The van der Waals surface area contributed by atoms with Crippen LogP contribution < -0.4 is 10.2 Å². The van der Waals surface area contributed by atoms with Crippen molar-refractivity contribution in [1.29, 1.82) is 0 Å². The number of carbonyl (C=O) groups excluding carboxylic acids is 1. The van der Waals surface area contributed by atoms with Crippen LogP contribution in [0, 0.1) is 12.7 Å². The van der Waals surface area contributed by atoms with Crippen molar-refractivity contribution in [3.8, 4) is 0 Å². The van der Waals surface area contributed by atoms with Crippen molar-refractivity contribution in [1.82, 2.24) is 0 Å². The SMILES string of the molecule is Cc1ccc(NC(=O)C[NH+](Cc2ccc(F)cc2)C2CC2)cc1. The summed E-state index contributed by atoms with van der Waals surface area (Å²) >= 11 is 0. The van der Waals surface area contributed by atoms with Crippen LogP contribution in [0.5, 0.6) is 0 Å². The van der Waals surface area contributed by atoms with E-state index < -0.39 is 0 Å². The number of quaternary nitrogens is 1. The van der Waals surface area contributed by atoms with E-state index >= 15 is 0 Å². The van der Waals surface area contributed by atoms with E-state index in [1.165, 1.54) is 22.6 Å². The van der Waals surface area contributed by atoms with Crippen LogP contribution in [0.3, 0.4) is 0 Å². The molecule has 4 heteroatoms. The normalized spacial score (nSPS) is 15.2. The van der Waals surface area contributed by atoms with Crippen molar-refractivity contribution >= 4 is 11.6 Å². The van der Waals surface area contributed by atoms with E-state index in [4.69, 9.17) is 0 Å². The first-order chi connectivity index (χ1) is 11.1. The number of benzene rings is 2. The van der Waals surface area contributed by atoms with Gasteiger partial charge in [0, 0.05) is 24.1 Å². The van der Waals surface area contributed by atoms with Gasteiger partial charge in [-0.05, 0) is 31.2 Å². The predicted octanol–water partition coefficient (Wildman–Crippen LogP) is 2.32. The summed E-state index contributed by atoms with van der Waals surface area (Å²) in [7, 11) is 0. The van der Waals surface area contributed by atoms with E-state index in [1.807, 2.05) is 31.2 Å². The van der Waals surface area contributed by atoms with Crippen molar-refractivity contribution in [2.75, 3.05) is 11.9 Å². The van der Waals surface area contributed by atoms with Gasteiger partial charge in [0.1, 0.15) is 12.4 Å². The summed E-state index contributed by atoms with van der Waals surface area (Å²) < 4.78 is 13.0. The molecule has 0 heterocycles. The number of aryl methyl sites for hydroxylation is 1. The Kier molecular flexibility index (Phi) is 4.72. The summed E-state index contributed by atoms with van der Waals surface area (Å²) in [4.78, 5) is 13.5. The third-order valence-corrected chi connectivity index (χ3v) is 4.22. The second-order valence-electron chi connectivity index (χ2n) is 6.33. The van der Waals surface area contributed by atoms with E-state index in [0.29, 0.717) is 12.6 Å². The van der Waals surface area contributed by atoms with Gasteiger partial charge in [-0.3, -0.25) is 4.79 Å². The molecule has 1 saturated carbocycles. The molecule has 2 N–H and O–H groups in total. The van der Waals surface area contributed by atoms with Crippen LogP contribution in [0.25, 0.3) is 0 Å². The third-order valence-electron chi connectivity index (χ3n) is 4.22. The lowest BCUT2D eigenvalue weighted by Crippen LogP contribution is -3.13. The Labute approximate surface area is 136 Å². The van der Waals surface area contributed by atoms with Crippen molar-refractivity contribution in [2.24, 2.45) is 0 Å². The monoisotopic (exact) mass is 313 g/mol. The van der Waals surface area contributed by atoms with E-state index in [-0.39, 0.29) is 11.7 Å². The smallest absolute Gasteiger partial charge is 0.279 e. The molecule has 0 aliphatic heterocycles. The molecule has 1 unspecified atom stereocenters. The molecule has 1 aliphatic carbocycles. The predicted molar refractivity (Wildman–Crippen MR) is 88.8 cm³/mol. The second-order valence-corrected chi connectivity index (χ2v) is 6.33. The van der Waals surface area contributed by atoms with Crippen LogP contribution in [-0.4, -0.2) is 18.5 Å². The molecule has 1 aliphatic rings. The molecule has 0 aromatic heterocycles. The number of halogens is 1. The van der Waals surface area contributed by atoms with Gasteiger partial charge >= 0.3 is 0 Å². The van der Waals surface area contributed by atoms with Crippen LogP contribution in [-0.2, 0) is 11.3 Å². The third kappa shape index (κ3) is 4.63. The summed E-state index contributed by atoms with van der Waals surface area (Å²) in [5.74, 6) is -0.197. The number of hydrogen-bond acceptors (Lipinski definition) is 1. The fraction of sp³-hybridized carbons (Fsp3) is 0.316. The lowest BCUT2D eigenvalue weighted by molar-refractivity contribution is -0.916. The first-order valence-corrected chi connectivity index (χ1v) is 8.06. The van der Waals surface area contributed by atoms with E-state index in [0.717, 1.165) is 30.6 Å². The van der Waals surface area contributed by atoms with Crippen LogP contribution >= 0.6 is 0 Å². The number of anilines is 1. The highest BCUT2D eigenvalue weighted by molar-refractivity contribution is 5.91.